The number of carbonyl (C=O) groups is 1. The van der Waals surface area contributed by atoms with E-state index in [1.54, 1.807) is 22.8 Å². The van der Waals surface area contributed by atoms with E-state index in [1.165, 1.54) is 0 Å². The summed E-state index contributed by atoms with van der Waals surface area (Å²) in [7, 11) is 1.78. The van der Waals surface area contributed by atoms with E-state index in [0.29, 0.717) is 12.2 Å². The number of carbonyl (C=O) groups excluding carboxylic acids is 1. The fourth-order valence-corrected chi connectivity index (χ4v) is 1.78. The molecule has 0 aliphatic heterocycles. The zero-order valence-electron chi connectivity index (χ0n) is 11.2. The predicted octanol–water partition coefficient (Wildman–Crippen LogP) is 1.61. The minimum atomic E-state index is 0.0400. The number of rotatable bonds is 4. The van der Waals surface area contributed by atoms with Crippen molar-refractivity contribution in [1.29, 1.82) is 0 Å². The summed E-state index contributed by atoms with van der Waals surface area (Å²) >= 11 is 0. The van der Waals surface area contributed by atoms with Gasteiger partial charge in [-0.15, -0.1) is 0 Å². The third-order valence-corrected chi connectivity index (χ3v) is 3.10. The lowest BCUT2D eigenvalue weighted by Crippen LogP contribution is -2.29. The van der Waals surface area contributed by atoms with Crippen LogP contribution >= 0.6 is 0 Å². The summed E-state index contributed by atoms with van der Waals surface area (Å²) in [6.45, 7) is 2.88. The SMILES string of the molecule is CCN(C)C(=O)Cn1cc(-c2ccccc2N)cn1. The summed E-state index contributed by atoms with van der Waals surface area (Å²) in [4.78, 5) is 13.5. The molecule has 2 N–H and O–H groups in total. The van der Waals surface area contributed by atoms with Gasteiger partial charge in [0.2, 0.25) is 5.91 Å². The molecule has 0 aliphatic carbocycles. The Bertz CT molecular complexity index is 576. The van der Waals surface area contributed by atoms with E-state index in [1.807, 2.05) is 37.4 Å². The number of amides is 1. The number of para-hydroxylation sites is 1. The van der Waals surface area contributed by atoms with Crippen LogP contribution in [0.5, 0.6) is 0 Å². The minimum Gasteiger partial charge on any atom is -0.398 e. The van der Waals surface area contributed by atoms with E-state index in [9.17, 15) is 4.79 Å². The number of nitrogens with two attached hydrogens (primary N) is 1. The number of nitrogens with zero attached hydrogens (tertiary/aromatic N) is 3. The Balaban J connectivity index is 2.16. The number of nitrogen functional groups attached to an aromatic ring is 1. The maximum absolute atomic E-state index is 11.8. The first kappa shape index (κ1) is 13.1. The molecule has 2 rings (SSSR count). The van der Waals surface area contributed by atoms with E-state index in [2.05, 4.69) is 5.10 Å². The monoisotopic (exact) mass is 258 g/mol. The van der Waals surface area contributed by atoms with Gasteiger partial charge in [0.05, 0.1) is 6.20 Å². The molecule has 0 radical (unpaired) electrons. The van der Waals surface area contributed by atoms with Gasteiger partial charge in [-0.2, -0.15) is 5.10 Å². The van der Waals surface area contributed by atoms with Gasteiger partial charge in [0.25, 0.3) is 0 Å². The van der Waals surface area contributed by atoms with Crippen LogP contribution in [0.1, 0.15) is 6.92 Å². The highest BCUT2D eigenvalue weighted by molar-refractivity contribution is 5.77. The zero-order valence-corrected chi connectivity index (χ0v) is 11.2. The average Bonchev–Trinajstić information content (AvgIpc) is 2.86. The average molecular weight is 258 g/mol. The topological polar surface area (TPSA) is 64.2 Å². The first-order valence-electron chi connectivity index (χ1n) is 6.23. The maximum Gasteiger partial charge on any atom is 0.244 e. The van der Waals surface area contributed by atoms with Crippen LogP contribution in [0, 0.1) is 0 Å². The molecule has 0 saturated carbocycles. The Kier molecular flexibility index (Phi) is 3.85. The van der Waals surface area contributed by atoms with Crippen molar-refractivity contribution in [1.82, 2.24) is 14.7 Å². The Hall–Kier alpha value is -2.30. The Morgan fingerprint density at radius 1 is 1.42 bits per heavy atom. The standard InChI is InChI=1S/C14H18N4O/c1-3-17(2)14(19)10-18-9-11(8-16-18)12-6-4-5-7-13(12)15/h4-9H,3,10,15H2,1-2H3. The predicted molar refractivity (Wildman–Crippen MR) is 75.4 cm³/mol. The quantitative estimate of drug-likeness (QED) is 0.847. The van der Waals surface area contributed by atoms with Crippen LogP contribution in [0.3, 0.4) is 0 Å². The summed E-state index contributed by atoms with van der Waals surface area (Å²) in [5, 5.41) is 4.20. The van der Waals surface area contributed by atoms with Gasteiger partial charge in [-0.3, -0.25) is 9.48 Å². The molecule has 1 amide bonds. The second-order valence-corrected chi connectivity index (χ2v) is 4.42. The molecule has 0 aliphatic rings. The molecule has 1 aromatic heterocycles. The number of likely N-dealkylation sites (N-methyl/N-ethyl adjacent to an activating group) is 1. The van der Waals surface area contributed by atoms with Gasteiger partial charge < -0.3 is 10.6 Å². The van der Waals surface area contributed by atoms with Crippen LogP contribution in [-0.4, -0.2) is 34.2 Å². The van der Waals surface area contributed by atoms with Gasteiger partial charge >= 0.3 is 0 Å². The number of anilines is 1. The van der Waals surface area contributed by atoms with E-state index in [0.717, 1.165) is 11.1 Å². The molecule has 0 fully saturated rings. The van der Waals surface area contributed by atoms with Crippen molar-refractivity contribution in [3.63, 3.8) is 0 Å². The highest BCUT2D eigenvalue weighted by atomic mass is 16.2. The second-order valence-electron chi connectivity index (χ2n) is 4.42. The Labute approximate surface area is 112 Å². The Morgan fingerprint density at radius 2 is 2.16 bits per heavy atom. The molecular weight excluding hydrogens is 240 g/mol. The second kappa shape index (κ2) is 5.56. The molecule has 0 spiro atoms. The van der Waals surface area contributed by atoms with Gasteiger partial charge in [0.1, 0.15) is 6.54 Å². The summed E-state index contributed by atoms with van der Waals surface area (Å²) < 4.78 is 1.64. The third kappa shape index (κ3) is 2.93. The van der Waals surface area contributed by atoms with Crippen LogP contribution in [-0.2, 0) is 11.3 Å². The normalized spacial score (nSPS) is 10.4. The summed E-state index contributed by atoms with van der Waals surface area (Å²) in [6, 6.07) is 7.61. The van der Waals surface area contributed by atoms with E-state index in [-0.39, 0.29) is 12.5 Å². The summed E-state index contributed by atoms with van der Waals surface area (Å²) in [5.74, 6) is 0.0400. The lowest BCUT2D eigenvalue weighted by atomic mass is 10.1. The molecular formula is C14H18N4O. The van der Waals surface area contributed by atoms with E-state index < -0.39 is 0 Å². The van der Waals surface area contributed by atoms with Crippen molar-refractivity contribution in [2.75, 3.05) is 19.3 Å². The molecule has 0 atom stereocenters. The molecule has 1 heterocycles. The first-order valence-corrected chi connectivity index (χ1v) is 6.23. The Morgan fingerprint density at radius 3 is 2.84 bits per heavy atom. The molecule has 5 heteroatoms. The maximum atomic E-state index is 11.8. The number of benzene rings is 1. The largest absolute Gasteiger partial charge is 0.398 e. The number of hydrogen-bond acceptors (Lipinski definition) is 3. The van der Waals surface area contributed by atoms with Crippen LogP contribution < -0.4 is 5.73 Å². The number of aromatic nitrogens is 2. The lowest BCUT2D eigenvalue weighted by Gasteiger charge is -2.13. The minimum absolute atomic E-state index is 0.0400. The van der Waals surface area contributed by atoms with Crippen LogP contribution in [0.15, 0.2) is 36.7 Å². The van der Waals surface area contributed by atoms with Crippen molar-refractivity contribution >= 4 is 11.6 Å². The van der Waals surface area contributed by atoms with Gasteiger partial charge in [-0.1, -0.05) is 18.2 Å². The summed E-state index contributed by atoms with van der Waals surface area (Å²) in [6.07, 6.45) is 3.57. The van der Waals surface area contributed by atoms with Crippen molar-refractivity contribution in [3.05, 3.63) is 36.7 Å². The number of hydrogen-bond donors (Lipinski definition) is 1. The molecule has 100 valence electrons. The van der Waals surface area contributed by atoms with Gasteiger partial charge in [0, 0.05) is 36.6 Å². The zero-order chi connectivity index (χ0) is 13.8. The molecule has 1 aromatic carbocycles. The molecule has 0 bridgehead atoms. The highest BCUT2D eigenvalue weighted by Gasteiger charge is 2.10. The third-order valence-electron chi connectivity index (χ3n) is 3.10. The highest BCUT2D eigenvalue weighted by Crippen LogP contribution is 2.24. The smallest absolute Gasteiger partial charge is 0.244 e. The molecule has 19 heavy (non-hydrogen) atoms. The first-order chi connectivity index (χ1) is 9.11. The van der Waals surface area contributed by atoms with Crippen molar-refractivity contribution < 1.29 is 4.79 Å². The van der Waals surface area contributed by atoms with Crippen molar-refractivity contribution in [3.8, 4) is 11.1 Å². The van der Waals surface area contributed by atoms with Gasteiger partial charge in [-0.05, 0) is 13.0 Å². The van der Waals surface area contributed by atoms with Gasteiger partial charge in [0.15, 0.2) is 0 Å². The van der Waals surface area contributed by atoms with Crippen LogP contribution in [0.2, 0.25) is 0 Å². The molecule has 0 unspecified atom stereocenters. The van der Waals surface area contributed by atoms with Crippen LogP contribution in [0.25, 0.3) is 11.1 Å². The molecule has 5 nitrogen and oxygen atoms in total. The van der Waals surface area contributed by atoms with Crippen molar-refractivity contribution in [2.24, 2.45) is 0 Å². The van der Waals surface area contributed by atoms with Gasteiger partial charge in [-0.25, -0.2) is 0 Å². The van der Waals surface area contributed by atoms with E-state index >= 15 is 0 Å². The molecule has 2 aromatic rings. The molecule has 0 saturated heterocycles. The summed E-state index contributed by atoms with van der Waals surface area (Å²) in [5.41, 5.74) is 8.48. The fourth-order valence-electron chi connectivity index (χ4n) is 1.78. The fraction of sp³-hybridized carbons (Fsp3) is 0.286. The van der Waals surface area contributed by atoms with Crippen molar-refractivity contribution in [2.45, 2.75) is 13.5 Å². The lowest BCUT2D eigenvalue weighted by molar-refractivity contribution is -0.130. The van der Waals surface area contributed by atoms with Crippen LogP contribution in [0.4, 0.5) is 5.69 Å². The van der Waals surface area contributed by atoms with E-state index in [4.69, 9.17) is 5.73 Å².